The summed E-state index contributed by atoms with van der Waals surface area (Å²) in [6, 6.07) is 2.28. The summed E-state index contributed by atoms with van der Waals surface area (Å²) in [5.74, 6) is -0.625. The van der Waals surface area contributed by atoms with Crippen molar-refractivity contribution in [1.29, 1.82) is 0 Å². The molecule has 0 aliphatic carbocycles. The van der Waals surface area contributed by atoms with Crippen molar-refractivity contribution in [3.63, 3.8) is 0 Å². The number of piperidine rings is 1. The molecule has 0 saturated carbocycles. The van der Waals surface area contributed by atoms with Gasteiger partial charge in [0.25, 0.3) is 0 Å². The molecule has 94 valence electrons. The van der Waals surface area contributed by atoms with E-state index < -0.39 is 23.6 Å². The van der Waals surface area contributed by atoms with Gasteiger partial charge in [0.05, 0.1) is 5.56 Å². The van der Waals surface area contributed by atoms with E-state index in [9.17, 15) is 17.6 Å². The van der Waals surface area contributed by atoms with Gasteiger partial charge >= 0.3 is 6.18 Å². The molecule has 0 aromatic heterocycles. The number of halogens is 4. The third-order valence-electron chi connectivity index (χ3n) is 3.00. The van der Waals surface area contributed by atoms with E-state index >= 15 is 0 Å². The Kier molecular flexibility index (Phi) is 3.38. The zero-order valence-electron chi connectivity index (χ0n) is 9.15. The summed E-state index contributed by atoms with van der Waals surface area (Å²) in [6.07, 6.45) is -1.99. The summed E-state index contributed by atoms with van der Waals surface area (Å²) in [5.41, 5.74) is -0.712. The quantitative estimate of drug-likeness (QED) is 0.747. The molecule has 1 nitrogen and oxygen atoms in total. The Morgan fingerprint density at radius 3 is 2.53 bits per heavy atom. The van der Waals surface area contributed by atoms with Gasteiger partial charge in [0, 0.05) is 6.04 Å². The zero-order valence-corrected chi connectivity index (χ0v) is 9.15. The topological polar surface area (TPSA) is 12.0 Å². The minimum atomic E-state index is -4.43. The van der Waals surface area contributed by atoms with Crippen LogP contribution in [0.5, 0.6) is 0 Å². The van der Waals surface area contributed by atoms with E-state index in [0.717, 1.165) is 31.0 Å². The van der Waals surface area contributed by atoms with Crippen molar-refractivity contribution in [2.45, 2.75) is 31.5 Å². The molecule has 1 unspecified atom stereocenters. The molecule has 1 N–H and O–H groups in total. The predicted octanol–water partition coefficient (Wildman–Crippen LogP) is 3.66. The van der Waals surface area contributed by atoms with Gasteiger partial charge < -0.3 is 5.32 Å². The fourth-order valence-electron chi connectivity index (χ4n) is 2.20. The lowest BCUT2D eigenvalue weighted by Gasteiger charge is -2.26. The maximum atomic E-state index is 13.1. The van der Waals surface area contributed by atoms with Crippen molar-refractivity contribution in [3.05, 3.63) is 35.1 Å². The van der Waals surface area contributed by atoms with Crippen LogP contribution in [0.4, 0.5) is 17.6 Å². The highest BCUT2D eigenvalue weighted by atomic mass is 19.4. The molecule has 1 aromatic rings. The van der Waals surface area contributed by atoms with Gasteiger partial charge in [-0.15, -0.1) is 0 Å². The second-order valence-electron chi connectivity index (χ2n) is 4.23. The number of hydrogen-bond acceptors (Lipinski definition) is 1. The zero-order chi connectivity index (χ0) is 12.5. The summed E-state index contributed by atoms with van der Waals surface area (Å²) in [7, 11) is 0. The molecule has 0 radical (unpaired) electrons. The largest absolute Gasteiger partial charge is 0.416 e. The lowest BCUT2D eigenvalue weighted by molar-refractivity contribution is -0.138. The van der Waals surface area contributed by atoms with E-state index in [-0.39, 0.29) is 5.56 Å². The number of rotatable bonds is 1. The maximum absolute atomic E-state index is 13.1. The van der Waals surface area contributed by atoms with E-state index in [1.54, 1.807) is 0 Å². The molecular formula is C12H13F4N. The van der Waals surface area contributed by atoms with Crippen molar-refractivity contribution in [2.75, 3.05) is 6.54 Å². The van der Waals surface area contributed by atoms with Gasteiger partial charge in [0.15, 0.2) is 0 Å². The standard InChI is InChI=1S/C12H13F4N/c13-8-4-5-10(12(14,15)16)9(7-8)11-3-1-2-6-17-11/h4-5,7,11,17H,1-3,6H2. The molecular weight excluding hydrogens is 234 g/mol. The summed E-state index contributed by atoms with van der Waals surface area (Å²) < 4.78 is 51.4. The lowest BCUT2D eigenvalue weighted by Crippen LogP contribution is -2.28. The fourth-order valence-corrected chi connectivity index (χ4v) is 2.20. The van der Waals surface area contributed by atoms with Crippen molar-refractivity contribution in [1.82, 2.24) is 5.32 Å². The number of hydrogen-bond donors (Lipinski definition) is 1. The minimum Gasteiger partial charge on any atom is -0.310 e. The van der Waals surface area contributed by atoms with E-state index in [1.807, 2.05) is 0 Å². The van der Waals surface area contributed by atoms with Gasteiger partial charge in [-0.2, -0.15) is 13.2 Å². The molecule has 0 amide bonds. The first-order valence-electron chi connectivity index (χ1n) is 5.58. The average Bonchev–Trinajstić information content (AvgIpc) is 2.28. The molecule has 17 heavy (non-hydrogen) atoms. The van der Waals surface area contributed by atoms with Crippen molar-refractivity contribution in [3.8, 4) is 0 Å². The lowest BCUT2D eigenvalue weighted by atomic mass is 9.93. The molecule has 1 heterocycles. The van der Waals surface area contributed by atoms with Crippen LogP contribution >= 0.6 is 0 Å². The van der Waals surface area contributed by atoms with Gasteiger partial charge in [-0.1, -0.05) is 6.42 Å². The third kappa shape index (κ3) is 2.77. The summed E-state index contributed by atoms with van der Waals surface area (Å²) in [6.45, 7) is 0.679. The van der Waals surface area contributed by atoms with Crippen LogP contribution in [0.15, 0.2) is 18.2 Å². The highest BCUT2D eigenvalue weighted by molar-refractivity contribution is 5.33. The summed E-state index contributed by atoms with van der Waals surface area (Å²) in [5, 5.41) is 3.01. The molecule has 2 rings (SSSR count). The second kappa shape index (κ2) is 4.64. The average molecular weight is 247 g/mol. The Hall–Kier alpha value is -1.10. The van der Waals surface area contributed by atoms with E-state index in [0.29, 0.717) is 13.0 Å². The van der Waals surface area contributed by atoms with Crippen LogP contribution in [-0.2, 0) is 6.18 Å². The van der Waals surface area contributed by atoms with E-state index in [1.165, 1.54) is 0 Å². The number of benzene rings is 1. The molecule has 1 atom stereocenters. The molecule has 0 bridgehead atoms. The monoisotopic (exact) mass is 247 g/mol. The highest BCUT2D eigenvalue weighted by Gasteiger charge is 2.35. The Morgan fingerprint density at radius 2 is 1.94 bits per heavy atom. The molecule has 5 heteroatoms. The van der Waals surface area contributed by atoms with E-state index in [2.05, 4.69) is 5.32 Å². The Labute approximate surface area is 96.8 Å². The van der Waals surface area contributed by atoms with Crippen LogP contribution in [-0.4, -0.2) is 6.54 Å². The molecule has 1 aromatic carbocycles. The molecule has 1 aliphatic rings. The van der Waals surface area contributed by atoms with Crippen LogP contribution in [0, 0.1) is 5.82 Å². The van der Waals surface area contributed by atoms with Gasteiger partial charge in [0.2, 0.25) is 0 Å². The third-order valence-corrected chi connectivity index (χ3v) is 3.00. The first kappa shape index (κ1) is 12.4. The van der Waals surface area contributed by atoms with Crippen LogP contribution in [0.1, 0.15) is 36.4 Å². The number of nitrogens with one attached hydrogen (secondary N) is 1. The van der Waals surface area contributed by atoms with Gasteiger partial charge in [-0.05, 0) is 43.1 Å². The second-order valence-corrected chi connectivity index (χ2v) is 4.23. The van der Waals surface area contributed by atoms with Gasteiger partial charge in [-0.25, -0.2) is 4.39 Å². The number of alkyl halides is 3. The smallest absolute Gasteiger partial charge is 0.310 e. The Balaban J connectivity index is 2.39. The van der Waals surface area contributed by atoms with Gasteiger partial charge in [0.1, 0.15) is 5.82 Å². The Morgan fingerprint density at radius 1 is 1.18 bits per heavy atom. The van der Waals surface area contributed by atoms with Crippen molar-refractivity contribution < 1.29 is 17.6 Å². The summed E-state index contributed by atoms with van der Waals surface area (Å²) >= 11 is 0. The van der Waals surface area contributed by atoms with Crippen LogP contribution in [0.25, 0.3) is 0 Å². The minimum absolute atomic E-state index is 0.0252. The van der Waals surface area contributed by atoms with Crippen molar-refractivity contribution >= 4 is 0 Å². The van der Waals surface area contributed by atoms with E-state index in [4.69, 9.17) is 0 Å². The SMILES string of the molecule is Fc1ccc(C(F)(F)F)c(C2CCCCN2)c1. The molecule has 1 aliphatic heterocycles. The first-order chi connectivity index (χ1) is 7.98. The molecule has 0 spiro atoms. The molecule has 1 fully saturated rings. The predicted molar refractivity (Wildman–Crippen MR) is 56.0 cm³/mol. The normalized spacial score (nSPS) is 21.5. The summed E-state index contributed by atoms with van der Waals surface area (Å²) in [4.78, 5) is 0. The van der Waals surface area contributed by atoms with Crippen LogP contribution in [0.3, 0.4) is 0 Å². The van der Waals surface area contributed by atoms with Crippen LogP contribution in [0.2, 0.25) is 0 Å². The first-order valence-corrected chi connectivity index (χ1v) is 5.58. The molecule has 1 saturated heterocycles. The Bertz CT molecular complexity index is 394. The van der Waals surface area contributed by atoms with Crippen LogP contribution < -0.4 is 5.32 Å². The van der Waals surface area contributed by atoms with Gasteiger partial charge in [-0.3, -0.25) is 0 Å². The maximum Gasteiger partial charge on any atom is 0.416 e. The highest BCUT2D eigenvalue weighted by Crippen LogP contribution is 2.37. The van der Waals surface area contributed by atoms with Crippen molar-refractivity contribution in [2.24, 2.45) is 0 Å². The fraction of sp³-hybridized carbons (Fsp3) is 0.500.